The first-order valence-electron chi connectivity index (χ1n) is 4.61. The average Bonchev–Trinajstić information content (AvgIpc) is 2.66. The number of rotatable bonds is 5. The lowest BCUT2D eigenvalue weighted by Gasteiger charge is -2.17. The van der Waals surface area contributed by atoms with Crippen LogP contribution in [0.3, 0.4) is 0 Å². The third-order valence-electron chi connectivity index (χ3n) is 1.96. The highest BCUT2D eigenvalue weighted by molar-refractivity contribution is 5.82. The third kappa shape index (κ3) is 3.41. The number of aliphatic carboxylic acids is 1. The van der Waals surface area contributed by atoms with Gasteiger partial charge in [-0.25, -0.2) is 0 Å². The SMILES string of the molecule is CCN(CC(=O)O)C(=O)Cc1ccn[nH]1. The van der Waals surface area contributed by atoms with Crippen LogP contribution in [0.2, 0.25) is 0 Å². The molecule has 0 fully saturated rings. The van der Waals surface area contributed by atoms with Crippen LogP contribution >= 0.6 is 0 Å². The van der Waals surface area contributed by atoms with Crippen LogP contribution < -0.4 is 0 Å². The molecule has 0 saturated heterocycles. The Morgan fingerprint density at radius 1 is 1.60 bits per heavy atom. The molecule has 2 N–H and O–H groups in total. The lowest BCUT2D eigenvalue weighted by atomic mass is 10.3. The van der Waals surface area contributed by atoms with Crippen LogP contribution in [0, 0.1) is 0 Å². The van der Waals surface area contributed by atoms with Gasteiger partial charge >= 0.3 is 5.97 Å². The van der Waals surface area contributed by atoms with E-state index in [9.17, 15) is 9.59 Å². The van der Waals surface area contributed by atoms with E-state index in [1.165, 1.54) is 4.90 Å². The number of likely N-dealkylation sites (N-methyl/N-ethyl adjacent to an activating group) is 1. The van der Waals surface area contributed by atoms with Crippen molar-refractivity contribution >= 4 is 11.9 Å². The summed E-state index contributed by atoms with van der Waals surface area (Å²) in [6, 6.07) is 1.69. The van der Waals surface area contributed by atoms with Gasteiger partial charge in [-0.2, -0.15) is 5.10 Å². The summed E-state index contributed by atoms with van der Waals surface area (Å²) in [7, 11) is 0. The fourth-order valence-corrected chi connectivity index (χ4v) is 1.20. The van der Waals surface area contributed by atoms with E-state index in [0.717, 1.165) is 0 Å². The number of carbonyl (C=O) groups is 2. The first-order chi connectivity index (χ1) is 7.13. The molecule has 82 valence electrons. The molecule has 0 radical (unpaired) electrons. The second kappa shape index (κ2) is 5.14. The van der Waals surface area contributed by atoms with Gasteiger partial charge in [0, 0.05) is 18.4 Å². The molecule has 0 aliphatic heterocycles. The Labute approximate surface area is 86.9 Å². The molecule has 0 atom stereocenters. The molecule has 0 bridgehead atoms. The number of aromatic nitrogens is 2. The van der Waals surface area contributed by atoms with E-state index in [1.54, 1.807) is 19.2 Å². The maximum Gasteiger partial charge on any atom is 0.323 e. The van der Waals surface area contributed by atoms with Gasteiger partial charge in [0.05, 0.1) is 6.42 Å². The third-order valence-corrected chi connectivity index (χ3v) is 1.96. The Morgan fingerprint density at radius 2 is 2.33 bits per heavy atom. The van der Waals surface area contributed by atoms with E-state index in [0.29, 0.717) is 12.2 Å². The number of H-pyrrole nitrogens is 1. The second-order valence-corrected chi connectivity index (χ2v) is 3.06. The number of nitrogens with zero attached hydrogens (tertiary/aromatic N) is 2. The molecule has 1 rings (SSSR count). The summed E-state index contributed by atoms with van der Waals surface area (Å²) in [6.45, 7) is 1.87. The zero-order valence-corrected chi connectivity index (χ0v) is 8.43. The van der Waals surface area contributed by atoms with Crippen molar-refractivity contribution < 1.29 is 14.7 Å². The fourth-order valence-electron chi connectivity index (χ4n) is 1.20. The van der Waals surface area contributed by atoms with Crippen molar-refractivity contribution in [1.82, 2.24) is 15.1 Å². The van der Waals surface area contributed by atoms with Crippen LogP contribution in [-0.4, -0.2) is 45.2 Å². The van der Waals surface area contributed by atoms with Crippen molar-refractivity contribution in [2.24, 2.45) is 0 Å². The van der Waals surface area contributed by atoms with E-state index in [2.05, 4.69) is 10.2 Å². The van der Waals surface area contributed by atoms with Crippen molar-refractivity contribution in [3.8, 4) is 0 Å². The number of carbonyl (C=O) groups excluding carboxylic acids is 1. The molecular formula is C9H13N3O3. The summed E-state index contributed by atoms with van der Waals surface area (Å²) >= 11 is 0. The van der Waals surface area contributed by atoms with E-state index in [-0.39, 0.29) is 18.9 Å². The highest BCUT2D eigenvalue weighted by atomic mass is 16.4. The lowest BCUT2D eigenvalue weighted by Crippen LogP contribution is -2.36. The van der Waals surface area contributed by atoms with Gasteiger partial charge in [-0.1, -0.05) is 0 Å². The average molecular weight is 211 g/mol. The molecule has 1 amide bonds. The number of carboxylic acids is 1. The minimum Gasteiger partial charge on any atom is -0.480 e. The number of hydrogen-bond donors (Lipinski definition) is 2. The minimum absolute atomic E-state index is 0.154. The highest BCUT2D eigenvalue weighted by Gasteiger charge is 2.15. The van der Waals surface area contributed by atoms with Crippen LogP contribution in [0.5, 0.6) is 0 Å². The normalized spacial score (nSPS) is 9.93. The summed E-state index contributed by atoms with van der Waals surface area (Å²) in [4.78, 5) is 23.3. The molecule has 0 aromatic carbocycles. The van der Waals surface area contributed by atoms with Crippen molar-refractivity contribution in [3.05, 3.63) is 18.0 Å². The van der Waals surface area contributed by atoms with Gasteiger partial charge in [-0.3, -0.25) is 14.7 Å². The van der Waals surface area contributed by atoms with Crippen molar-refractivity contribution in [2.45, 2.75) is 13.3 Å². The Kier molecular flexibility index (Phi) is 3.84. The van der Waals surface area contributed by atoms with Crippen LogP contribution in [-0.2, 0) is 16.0 Å². The van der Waals surface area contributed by atoms with E-state index in [1.807, 2.05) is 0 Å². The molecule has 0 saturated carbocycles. The topological polar surface area (TPSA) is 86.3 Å². The molecule has 1 heterocycles. The number of hydrogen-bond acceptors (Lipinski definition) is 3. The zero-order valence-electron chi connectivity index (χ0n) is 8.43. The standard InChI is InChI=1S/C9H13N3O3/c1-2-12(6-9(14)15)8(13)5-7-3-4-10-11-7/h3-4H,2,5-6H2,1H3,(H,10,11)(H,14,15). The number of nitrogens with one attached hydrogen (secondary N) is 1. The Balaban J connectivity index is 2.54. The van der Waals surface area contributed by atoms with Crippen LogP contribution in [0.1, 0.15) is 12.6 Å². The Hall–Kier alpha value is -1.85. The largest absolute Gasteiger partial charge is 0.480 e. The smallest absolute Gasteiger partial charge is 0.323 e. The number of carboxylic acid groups (broad SMARTS) is 1. The van der Waals surface area contributed by atoms with Crippen LogP contribution in [0.15, 0.2) is 12.3 Å². The molecule has 6 heteroatoms. The monoisotopic (exact) mass is 211 g/mol. The highest BCUT2D eigenvalue weighted by Crippen LogP contribution is 1.98. The lowest BCUT2D eigenvalue weighted by molar-refractivity contribution is -0.144. The Morgan fingerprint density at radius 3 is 2.80 bits per heavy atom. The Bertz CT molecular complexity index is 334. The summed E-state index contributed by atoms with van der Waals surface area (Å²) in [5, 5.41) is 14.9. The summed E-state index contributed by atoms with van der Waals surface area (Å²) in [5.74, 6) is -1.22. The summed E-state index contributed by atoms with van der Waals surface area (Å²) in [6.07, 6.45) is 1.71. The predicted molar refractivity (Wildman–Crippen MR) is 52.2 cm³/mol. The van der Waals surface area contributed by atoms with Gasteiger partial charge in [0.1, 0.15) is 6.54 Å². The van der Waals surface area contributed by atoms with Crippen molar-refractivity contribution in [3.63, 3.8) is 0 Å². The molecular weight excluding hydrogens is 198 g/mol. The van der Waals surface area contributed by atoms with E-state index >= 15 is 0 Å². The minimum atomic E-state index is -1.00. The number of aromatic amines is 1. The maximum atomic E-state index is 11.6. The van der Waals surface area contributed by atoms with Gasteiger partial charge in [0.25, 0.3) is 0 Å². The second-order valence-electron chi connectivity index (χ2n) is 3.06. The van der Waals surface area contributed by atoms with Gasteiger partial charge in [-0.05, 0) is 13.0 Å². The molecule has 0 spiro atoms. The first-order valence-corrected chi connectivity index (χ1v) is 4.61. The van der Waals surface area contributed by atoms with Crippen molar-refractivity contribution in [1.29, 1.82) is 0 Å². The molecule has 0 unspecified atom stereocenters. The van der Waals surface area contributed by atoms with Crippen LogP contribution in [0.25, 0.3) is 0 Å². The van der Waals surface area contributed by atoms with Gasteiger partial charge in [-0.15, -0.1) is 0 Å². The van der Waals surface area contributed by atoms with Crippen molar-refractivity contribution in [2.75, 3.05) is 13.1 Å². The predicted octanol–water partition coefficient (Wildman–Crippen LogP) is -0.115. The van der Waals surface area contributed by atoms with E-state index in [4.69, 9.17) is 5.11 Å². The zero-order chi connectivity index (χ0) is 11.3. The molecule has 0 aliphatic rings. The molecule has 1 aromatic rings. The summed E-state index contributed by atoms with van der Waals surface area (Å²) < 4.78 is 0. The molecule has 6 nitrogen and oxygen atoms in total. The molecule has 1 aromatic heterocycles. The van der Waals surface area contributed by atoms with Gasteiger partial charge in [0.2, 0.25) is 5.91 Å². The maximum absolute atomic E-state index is 11.6. The molecule has 0 aliphatic carbocycles. The first kappa shape index (κ1) is 11.2. The number of amides is 1. The van der Waals surface area contributed by atoms with E-state index < -0.39 is 5.97 Å². The van der Waals surface area contributed by atoms with Gasteiger partial charge in [0.15, 0.2) is 0 Å². The quantitative estimate of drug-likeness (QED) is 0.711. The van der Waals surface area contributed by atoms with Gasteiger partial charge < -0.3 is 10.0 Å². The summed E-state index contributed by atoms with van der Waals surface area (Å²) in [5.41, 5.74) is 0.684. The molecule has 15 heavy (non-hydrogen) atoms. The van der Waals surface area contributed by atoms with Crippen LogP contribution in [0.4, 0.5) is 0 Å². The fraction of sp³-hybridized carbons (Fsp3) is 0.444.